The second-order valence-corrected chi connectivity index (χ2v) is 6.39. The smallest absolute Gasteiger partial charge is 0.296 e. The van der Waals surface area contributed by atoms with Gasteiger partial charge in [-0.1, -0.05) is 34.1 Å². The van der Waals surface area contributed by atoms with E-state index in [-0.39, 0.29) is 10.6 Å². The van der Waals surface area contributed by atoms with Crippen LogP contribution in [0.5, 0.6) is 0 Å². The Morgan fingerprint density at radius 1 is 1.20 bits per heavy atom. The van der Waals surface area contributed by atoms with E-state index >= 15 is 0 Å². The lowest BCUT2D eigenvalue weighted by atomic mass is 10.0. The zero-order chi connectivity index (χ0) is 14.9. The SMILES string of the molecule is Nc1c(-c2cccc(C=O)c2)cc(Br)cc1S(=O)(=O)O. The minimum absolute atomic E-state index is 0.0706. The first kappa shape index (κ1) is 14.7. The minimum atomic E-state index is -4.43. The maximum Gasteiger partial charge on any atom is 0.296 e. The summed E-state index contributed by atoms with van der Waals surface area (Å²) in [6, 6.07) is 9.39. The van der Waals surface area contributed by atoms with Crippen molar-refractivity contribution in [1.29, 1.82) is 0 Å². The molecule has 0 bridgehead atoms. The van der Waals surface area contributed by atoms with Crippen LogP contribution in [-0.4, -0.2) is 19.3 Å². The van der Waals surface area contributed by atoms with E-state index in [4.69, 9.17) is 5.73 Å². The van der Waals surface area contributed by atoms with E-state index in [0.29, 0.717) is 27.4 Å². The molecule has 20 heavy (non-hydrogen) atoms. The van der Waals surface area contributed by atoms with E-state index in [2.05, 4.69) is 15.9 Å². The second-order valence-electron chi connectivity index (χ2n) is 4.08. The van der Waals surface area contributed by atoms with Crippen LogP contribution in [0.2, 0.25) is 0 Å². The summed E-state index contributed by atoms with van der Waals surface area (Å²) >= 11 is 3.17. The molecule has 0 heterocycles. The van der Waals surface area contributed by atoms with Gasteiger partial charge in [-0.25, -0.2) is 0 Å². The topological polar surface area (TPSA) is 97.5 Å². The van der Waals surface area contributed by atoms with Crippen LogP contribution in [0.4, 0.5) is 5.69 Å². The van der Waals surface area contributed by atoms with Crippen LogP contribution in [0, 0.1) is 0 Å². The third-order valence-electron chi connectivity index (χ3n) is 2.72. The molecule has 0 aromatic heterocycles. The molecule has 7 heteroatoms. The van der Waals surface area contributed by atoms with Crippen LogP contribution in [0.15, 0.2) is 45.8 Å². The summed E-state index contributed by atoms with van der Waals surface area (Å²) in [5, 5.41) is 0. The van der Waals surface area contributed by atoms with Gasteiger partial charge < -0.3 is 5.73 Å². The van der Waals surface area contributed by atoms with Gasteiger partial charge in [0.2, 0.25) is 0 Å². The van der Waals surface area contributed by atoms with Crippen molar-refractivity contribution < 1.29 is 17.8 Å². The van der Waals surface area contributed by atoms with Crippen LogP contribution in [0.1, 0.15) is 10.4 Å². The van der Waals surface area contributed by atoms with E-state index < -0.39 is 10.1 Å². The minimum Gasteiger partial charge on any atom is -0.397 e. The number of hydrogen-bond acceptors (Lipinski definition) is 4. The van der Waals surface area contributed by atoms with Crippen molar-refractivity contribution in [2.75, 3.05) is 5.73 Å². The molecular weight excluding hydrogens is 346 g/mol. The number of rotatable bonds is 3. The van der Waals surface area contributed by atoms with Crippen molar-refractivity contribution >= 4 is 38.0 Å². The van der Waals surface area contributed by atoms with Crippen LogP contribution < -0.4 is 5.73 Å². The molecule has 0 saturated heterocycles. The Morgan fingerprint density at radius 2 is 1.90 bits per heavy atom. The first-order valence-corrected chi connectivity index (χ1v) is 7.68. The Balaban J connectivity index is 2.74. The van der Waals surface area contributed by atoms with Crippen molar-refractivity contribution in [1.82, 2.24) is 0 Å². The van der Waals surface area contributed by atoms with E-state index in [9.17, 15) is 17.8 Å². The van der Waals surface area contributed by atoms with Crippen molar-refractivity contribution in [3.05, 3.63) is 46.4 Å². The lowest BCUT2D eigenvalue weighted by molar-refractivity contribution is 0.112. The number of benzene rings is 2. The molecule has 0 aliphatic carbocycles. The summed E-state index contributed by atoms with van der Waals surface area (Å²) in [6.07, 6.45) is 0.682. The maximum absolute atomic E-state index is 11.3. The summed E-state index contributed by atoms with van der Waals surface area (Å²) in [5.41, 5.74) is 7.18. The lowest BCUT2D eigenvalue weighted by Crippen LogP contribution is -2.04. The zero-order valence-electron chi connectivity index (χ0n) is 10.1. The van der Waals surface area contributed by atoms with Crippen molar-refractivity contribution in [3.63, 3.8) is 0 Å². The third kappa shape index (κ3) is 2.90. The molecular formula is C13H10BrNO4S. The summed E-state index contributed by atoms with van der Waals surface area (Å²) in [6.45, 7) is 0. The van der Waals surface area contributed by atoms with Gasteiger partial charge >= 0.3 is 0 Å². The molecule has 0 aliphatic rings. The average Bonchev–Trinajstić information content (AvgIpc) is 2.40. The fourth-order valence-corrected chi connectivity index (χ4v) is 3.10. The molecule has 0 spiro atoms. The van der Waals surface area contributed by atoms with Gasteiger partial charge in [0.25, 0.3) is 10.1 Å². The predicted molar refractivity (Wildman–Crippen MR) is 79.2 cm³/mol. The predicted octanol–water partition coefficient (Wildman–Crippen LogP) is 2.76. The van der Waals surface area contributed by atoms with E-state index in [1.165, 1.54) is 6.07 Å². The number of carbonyl (C=O) groups is 1. The number of hydrogen-bond donors (Lipinski definition) is 2. The van der Waals surface area contributed by atoms with Crippen molar-refractivity contribution in [3.8, 4) is 11.1 Å². The third-order valence-corrected chi connectivity index (χ3v) is 4.07. The highest BCUT2D eigenvalue weighted by Gasteiger charge is 2.18. The van der Waals surface area contributed by atoms with Gasteiger partial charge in [0.1, 0.15) is 11.2 Å². The highest BCUT2D eigenvalue weighted by molar-refractivity contribution is 9.10. The molecule has 0 saturated carbocycles. The van der Waals surface area contributed by atoms with E-state index in [1.807, 2.05) is 0 Å². The lowest BCUT2D eigenvalue weighted by Gasteiger charge is -2.11. The fourth-order valence-electron chi connectivity index (χ4n) is 1.82. The Bertz CT molecular complexity index is 787. The van der Waals surface area contributed by atoms with E-state index in [0.717, 1.165) is 0 Å². The molecule has 5 nitrogen and oxygen atoms in total. The largest absolute Gasteiger partial charge is 0.397 e. The quantitative estimate of drug-likeness (QED) is 0.501. The number of halogens is 1. The van der Waals surface area contributed by atoms with Gasteiger partial charge in [0.05, 0.1) is 5.69 Å². The van der Waals surface area contributed by atoms with Crippen molar-refractivity contribution in [2.45, 2.75) is 4.90 Å². The molecule has 0 radical (unpaired) electrons. The van der Waals surface area contributed by atoms with E-state index in [1.54, 1.807) is 30.3 Å². The van der Waals surface area contributed by atoms with Gasteiger partial charge in [0, 0.05) is 15.6 Å². The van der Waals surface area contributed by atoms with Gasteiger partial charge in [-0.3, -0.25) is 9.35 Å². The normalized spacial score (nSPS) is 11.3. The highest BCUT2D eigenvalue weighted by Crippen LogP contribution is 2.34. The molecule has 0 fully saturated rings. The fraction of sp³-hybridized carbons (Fsp3) is 0. The number of anilines is 1. The number of nitrogens with two attached hydrogens (primary N) is 1. The van der Waals surface area contributed by atoms with Crippen molar-refractivity contribution in [2.24, 2.45) is 0 Å². The van der Waals surface area contributed by atoms with Gasteiger partial charge in [-0.05, 0) is 23.8 Å². The van der Waals surface area contributed by atoms with Crippen LogP contribution in [0.3, 0.4) is 0 Å². The maximum atomic E-state index is 11.3. The zero-order valence-corrected chi connectivity index (χ0v) is 12.5. The monoisotopic (exact) mass is 355 g/mol. The van der Waals surface area contributed by atoms with Gasteiger partial charge in [-0.15, -0.1) is 0 Å². The molecule has 104 valence electrons. The molecule has 2 rings (SSSR count). The summed E-state index contributed by atoms with van der Waals surface area (Å²) in [5.74, 6) is 0. The molecule has 0 aliphatic heterocycles. The Hall–Kier alpha value is -1.70. The Labute approximate surface area is 124 Å². The van der Waals surface area contributed by atoms with Crippen LogP contribution in [0.25, 0.3) is 11.1 Å². The molecule has 0 unspecified atom stereocenters. The summed E-state index contributed by atoms with van der Waals surface area (Å²) < 4.78 is 32.3. The molecule has 2 aromatic carbocycles. The molecule has 3 N–H and O–H groups in total. The molecule has 0 amide bonds. The van der Waals surface area contributed by atoms with Gasteiger partial charge in [0.15, 0.2) is 0 Å². The van der Waals surface area contributed by atoms with Crippen LogP contribution in [-0.2, 0) is 10.1 Å². The number of carbonyl (C=O) groups excluding carboxylic acids is 1. The van der Waals surface area contributed by atoms with Crippen LogP contribution >= 0.6 is 15.9 Å². The molecule has 2 aromatic rings. The first-order chi connectivity index (χ1) is 9.32. The second kappa shape index (κ2) is 5.35. The highest BCUT2D eigenvalue weighted by atomic mass is 79.9. The first-order valence-electron chi connectivity index (χ1n) is 5.45. The molecule has 0 atom stereocenters. The summed E-state index contributed by atoms with van der Waals surface area (Å²) in [7, 11) is -4.43. The number of nitrogen functional groups attached to an aromatic ring is 1. The Morgan fingerprint density at radius 3 is 2.50 bits per heavy atom. The average molecular weight is 356 g/mol. The standard InChI is InChI=1S/C13H10BrNO4S/c14-10-5-11(9-3-1-2-8(4-9)7-16)13(15)12(6-10)20(17,18)19/h1-7H,15H2,(H,17,18,19). The Kier molecular flexibility index (Phi) is 3.94. The summed E-state index contributed by atoms with van der Waals surface area (Å²) in [4.78, 5) is 10.4. The van der Waals surface area contributed by atoms with Gasteiger partial charge in [-0.2, -0.15) is 8.42 Å². The number of aldehydes is 1.